The Bertz CT molecular complexity index is 459. The van der Waals surface area contributed by atoms with Crippen molar-refractivity contribution in [2.45, 2.75) is 40.2 Å². The van der Waals surface area contributed by atoms with Crippen LogP contribution in [0.15, 0.2) is 24.3 Å². The molecule has 1 atom stereocenters. The number of aromatic nitrogens is 1. The minimum absolute atomic E-state index is 0.549. The summed E-state index contributed by atoms with van der Waals surface area (Å²) in [5, 5.41) is 0. The van der Waals surface area contributed by atoms with Crippen LogP contribution in [-0.2, 0) is 6.42 Å². The molecule has 0 N–H and O–H groups in total. The highest BCUT2D eigenvalue weighted by molar-refractivity contribution is 7.11. The van der Waals surface area contributed by atoms with Crippen LogP contribution in [0.4, 0.5) is 0 Å². The summed E-state index contributed by atoms with van der Waals surface area (Å²) < 4.78 is 2.43. The highest BCUT2D eigenvalue weighted by atomic mass is 32.1. The van der Waals surface area contributed by atoms with Crippen molar-refractivity contribution in [2.24, 2.45) is 0 Å². The van der Waals surface area contributed by atoms with E-state index in [1.54, 1.807) is 0 Å². The summed E-state index contributed by atoms with van der Waals surface area (Å²) in [4.78, 5) is 2.89. The molecule has 1 nitrogen and oxygen atoms in total. The van der Waals surface area contributed by atoms with Gasteiger partial charge in [0.15, 0.2) is 0 Å². The molecule has 0 aliphatic carbocycles. The summed E-state index contributed by atoms with van der Waals surface area (Å²) in [5.74, 6) is 0. The van der Waals surface area contributed by atoms with Gasteiger partial charge in [0.05, 0.1) is 0 Å². The quantitative estimate of drug-likeness (QED) is 0.745. The minimum atomic E-state index is 0.549. The first-order valence-electron chi connectivity index (χ1n) is 5.77. The van der Waals surface area contributed by atoms with Crippen LogP contribution in [-0.4, -0.2) is 4.57 Å². The summed E-state index contributed by atoms with van der Waals surface area (Å²) >= 11 is 1.91. The fraction of sp³-hybridized carbons (Fsp3) is 0.429. The molecule has 2 heteroatoms. The number of thiophene rings is 1. The third-order valence-corrected chi connectivity index (χ3v) is 4.08. The zero-order valence-electron chi connectivity index (χ0n) is 10.4. The molecule has 1 unspecified atom stereocenters. The Morgan fingerprint density at radius 3 is 2.19 bits per heavy atom. The van der Waals surface area contributed by atoms with Gasteiger partial charge in [0.25, 0.3) is 0 Å². The summed E-state index contributed by atoms with van der Waals surface area (Å²) in [6.45, 7) is 8.84. The molecule has 0 aromatic carbocycles. The maximum absolute atomic E-state index is 2.43. The van der Waals surface area contributed by atoms with Gasteiger partial charge in [0.1, 0.15) is 0 Å². The molecular weight excluding hydrogens is 214 g/mol. The summed E-state index contributed by atoms with van der Waals surface area (Å²) in [6, 6.07) is 9.41. The van der Waals surface area contributed by atoms with Crippen molar-refractivity contribution in [2.75, 3.05) is 0 Å². The molecule has 0 spiro atoms. The molecule has 2 heterocycles. The molecule has 16 heavy (non-hydrogen) atoms. The van der Waals surface area contributed by atoms with Gasteiger partial charge >= 0.3 is 0 Å². The Labute approximate surface area is 102 Å². The molecule has 2 aromatic heterocycles. The Morgan fingerprint density at radius 2 is 1.69 bits per heavy atom. The number of hydrogen-bond acceptors (Lipinski definition) is 1. The lowest BCUT2D eigenvalue weighted by atomic mass is 10.2. The molecule has 2 aromatic rings. The van der Waals surface area contributed by atoms with Crippen LogP contribution in [0.3, 0.4) is 0 Å². The maximum atomic E-state index is 2.43. The van der Waals surface area contributed by atoms with Gasteiger partial charge in [-0.1, -0.05) is 0 Å². The monoisotopic (exact) mass is 233 g/mol. The van der Waals surface area contributed by atoms with Crippen LogP contribution < -0.4 is 0 Å². The van der Waals surface area contributed by atoms with E-state index < -0.39 is 0 Å². The average Bonchev–Trinajstić information content (AvgIpc) is 2.74. The van der Waals surface area contributed by atoms with E-state index in [4.69, 9.17) is 0 Å². The van der Waals surface area contributed by atoms with Crippen LogP contribution in [0.1, 0.15) is 34.1 Å². The van der Waals surface area contributed by atoms with Crippen molar-refractivity contribution >= 4 is 11.3 Å². The van der Waals surface area contributed by atoms with Gasteiger partial charge in [0.2, 0.25) is 0 Å². The highest BCUT2D eigenvalue weighted by Gasteiger charge is 2.10. The van der Waals surface area contributed by atoms with Gasteiger partial charge in [-0.05, 0) is 52.0 Å². The first-order valence-corrected chi connectivity index (χ1v) is 6.59. The third-order valence-electron chi connectivity index (χ3n) is 3.06. The fourth-order valence-corrected chi connectivity index (χ4v) is 3.36. The minimum Gasteiger partial charge on any atom is -0.346 e. The Kier molecular flexibility index (Phi) is 3.20. The van der Waals surface area contributed by atoms with Gasteiger partial charge in [0, 0.05) is 33.6 Å². The van der Waals surface area contributed by atoms with Gasteiger partial charge in [-0.15, -0.1) is 11.3 Å². The SMILES string of the molecule is Cc1ccc(CC(C)n2c(C)ccc2C)s1. The van der Waals surface area contributed by atoms with Crippen molar-refractivity contribution in [3.8, 4) is 0 Å². The van der Waals surface area contributed by atoms with Gasteiger partial charge in [-0.3, -0.25) is 0 Å². The molecule has 86 valence electrons. The summed E-state index contributed by atoms with van der Waals surface area (Å²) in [5.41, 5.74) is 2.72. The lowest BCUT2D eigenvalue weighted by molar-refractivity contribution is 0.528. The van der Waals surface area contributed by atoms with Crippen LogP contribution in [0, 0.1) is 20.8 Å². The maximum Gasteiger partial charge on any atom is 0.0355 e. The van der Waals surface area contributed by atoms with Crippen LogP contribution in [0.5, 0.6) is 0 Å². The first kappa shape index (κ1) is 11.5. The van der Waals surface area contributed by atoms with Gasteiger partial charge in [-0.2, -0.15) is 0 Å². The van der Waals surface area contributed by atoms with Crippen molar-refractivity contribution in [1.29, 1.82) is 0 Å². The lowest BCUT2D eigenvalue weighted by Crippen LogP contribution is -2.10. The zero-order chi connectivity index (χ0) is 11.7. The number of hydrogen-bond donors (Lipinski definition) is 0. The van der Waals surface area contributed by atoms with E-state index in [-0.39, 0.29) is 0 Å². The third kappa shape index (κ3) is 2.22. The number of aryl methyl sites for hydroxylation is 3. The predicted octanol–water partition coefficient (Wildman–Crippen LogP) is 4.28. The molecule has 0 bridgehead atoms. The van der Waals surface area contributed by atoms with Crippen LogP contribution in [0.2, 0.25) is 0 Å². The molecule has 0 amide bonds. The standard InChI is InChI=1S/C14H19NS/c1-10-5-6-11(2)15(10)12(3)9-14-8-7-13(4)16-14/h5-8,12H,9H2,1-4H3. The molecule has 0 aliphatic heterocycles. The van der Waals surface area contributed by atoms with Gasteiger partial charge in [-0.25, -0.2) is 0 Å². The smallest absolute Gasteiger partial charge is 0.0355 e. The molecule has 0 saturated heterocycles. The molecule has 0 radical (unpaired) electrons. The second kappa shape index (κ2) is 4.46. The Morgan fingerprint density at radius 1 is 1.06 bits per heavy atom. The predicted molar refractivity (Wildman–Crippen MR) is 71.4 cm³/mol. The molecule has 0 saturated carbocycles. The zero-order valence-corrected chi connectivity index (χ0v) is 11.3. The first-order chi connectivity index (χ1) is 7.58. The van der Waals surface area contributed by atoms with E-state index in [0.29, 0.717) is 6.04 Å². The lowest BCUT2D eigenvalue weighted by Gasteiger charge is -2.17. The van der Waals surface area contributed by atoms with Crippen molar-refractivity contribution < 1.29 is 0 Å². The van der Waals surface area contributed by atoms with Crippen molar-refractivity contribution in [3.63, 3.8) is 0 Å². The number of nitrogens with zero attached hydrogens (tertiary/aromatic N) is 1. The topological polar surface area (TPSA) is 4.93 Å². The summed E-state index contributed by atoms with van der Waals surface area (Å²) in [6.07, 6.45) is 1.13. The molecule has 2 rings (SSSR count). The normalized spacial score (nSPS) is 13.0. The van der Waals surface area contributed by atoms with E-state index in [1.807, 2.05) is 11.3 Å². The van der Waals surface area contributed by atoms with E-state index in [9.17, 15) is 0 Å². The fourth-order valence-electron chi connectivity index (χ4n) is 2.35. The Balaban J connectivity index is 2.17. The van der Waals surface area contributed by atoms with Crippen molar-refractivity contribution in [3.05, 3.63) is 45.4 Å². The van der Waals surface area contributed by atoms with Gasteiger partial charge < -0.3 is 4.57 Å². The van der Waals surface area contributed by atoms with E-state index in [0.717, 1.165) is 6.42 Å². The van der Waals surface area contributed by atoms with Crippen LogP contribution >= 0.6 is 11.3 Å². The molecule has 0 fully saturated rings. The van der Waals surface area contributed by atoms with E-state index >= 15 is 0 Å². The second-order valence-electron chi connectivity index (χ2n) is 4.55. The average molecular weight is 233 g/mol. The van der Waals surface area contributed by atoms with Crippen molar-refractivity contribution in [1.82, 2.24) is 4.57 Å². The van der Waals surface area contributed by atoms with E-state index in [1.165, 1.54) is 21.1 Å². The largest absolute Gasteiger partial charge is 0.346 e. The Hall–Kier alpha value is -1.02. The molecular formula is C14H19NS. The van der Waals surface area contributed by atoms with E-state index in [2.05, 4.69) is 56.5 Å². The van der Waals surface area contributed by atoms with Crippen LogP contribution in [0.25, 0.3) is 0 Å². The second-order valence-corrected chi connectivity index (χ2v) is 5.92. The molecule has 0 aliphatic rings. The highest BCUT2D eigenvalue weighted by Crippen LogP contribution is 2.23. The number of rotatable bonds is 3. The summed E-state index contributed by atoms with van der Waals surface area (Å²) in [7, 11) is 0.